The van der Waals surface area contributed by atoms with Crippen molar-refractivity contribution in [2.75, 3.05) is 0 Å². The number of carbonyl (C=O) groups excluding carboxylic acids is 1. The van der Waals surface area contributed by atoms with E-state index in [0.717, 1.165) is 6.42 Å². The highest BCUT2D eigenvalue weighted by molar-refractivity contribution is 5.90. The van der Waals surface area contributed by atoms with Crippen LogP contribution in [0.4, 0.5) is 0 Å². The largest absolute Gasteiger partial charge is 0.393 e. The summed E-state index contributed by atoms with van der Waals surface area (Å²) in [5, 5.41) is 21.6. The van der Waals surface area contributed by atoms with Crippen molar-refractivity contribution in [3.63, 3.8) is 0 Å². The fourth-order valence-electron chi connectivity index (χ4n) is 6.38. The van der Waals surface area contributed by atoms with Gasteiger partial charge in [0.05, 0.1) is 17.8 Å². The summed E-state index contributed by atoms with van der Waals surface area (Å²) in [5.41, 5.74) is -2.14. The number of ether oxygens (including phenoxy) is 1. The number of fused-ring (bicyclic) bond motifs is 3. The number of ketones is 1. The Morgan fingerprint density at radius 3 is 2.42 bits per heavy atom. The van der Waals surface area contributed by atoms with E-state index in [1.807, 2.05) is 20.8 Å². The van der Waals surface area contributed by atoms with Crippen molar-refractivity contribution in [2.45, 2.75) is 83.7 Å². The molecule has 2 unspecified atom stereocenters. The van der Waals surface area contributed by atoms with Gasteiger partial charge in [0.1, 0.15) is 5.60 Å². The quantitative estimate of drug-likeness (QED) is 0.723. The molecule has 0 aromatic carbocycles. The molecule has 0 aromatic rings. The van der Waals surface area contributed by atoms with E-state index in [9.17, 15) is 15.0 Å². The molecule has 4 heteroatoms. The minimum Gasteiger partial charge on any atom is -0.393 e. The first kappa shape index (κ1) is 18.1. The highest BCUT2D eigenvalue weighted by atomic mass is 16.5. The van der Waals surface area contributed by atoms with E-state index < -0.39 is 23.4 Å². The summed E-state index contributed by atoms with van der Waals surface area (Å²) in [4.78, 5) is 12.8. The second-order valence-corrected chi connectivity index (χ2v) is 9.54. The van der Waals surface area contributed by atoms with Crippen LogP contribution in [0.3, 0.4) is 0 Å². The van der Waals surface area contributed by atoms with E-state index in [-0.39, 0.29) is 28.4 Å². The zero-order chi connectivity index (χ0) is 18.1. The molecule has 3 rings (SSSR count). The molecule has 3 fully saturated rings. The number of aliphatic hydroxyl groups is 2. The number of rotatable bonds is 1. The Morgan fingerprint density at radius 1 is 1.21 bits per heavy atom. The van der Waals surface area contributed by atoms with Crippen molar-refractivity contribution in [3.8, 4) is 0 Å². The maximum atomic E-state index is 12.8. The summed E-state index contributed by atoms with van der Waals surface area (Å²) in [7, 11) is 0. The fourth-order valence-corrected chi connectivity index (χ4v) is 6.38. The Morgan fingerprint density at radius 2 is 1.83 bits per heavy atom. The molecule has 1 heterocycles. The molecule has 0 bridgehead atoms. The van der Waals surface area contributed by atoms with E-state index in [2.05, 4.69) is 13.5 Å². The molecule has 7 atom stereocenters. The van der Waals surface area contributed by atoms with Crippen LogP contribution in [0.2, 0.25) is 0 Å². The van der Waals surface area contributed by atoms with Crippen molar-refractivity contribution < 1.29 is 19.7 Å². The van der Waals surface area contributed by atoms with E-state index in [1.54, 1.807) is 13.0 Å². The van der Waals surface area contributed by atoms with Gasteiger partial charge in [0, 0.05) is 18.8 Å². The summed E-state index contributed by atoms with van der Waals surface area (Å²) in [5.74, 6) is 0.0716. The molecule has 2 aliphatic carbocycles. The fraction of sp³-hybridized carbons (Fsp3) is 0.850. The highest BCUT2D eigenvalue weighted by Gasteiger charge is 2.67. The molecule has 0 spiro atoms. The first-order chi connectivity index (χ1) is 10.9. The normalized spacial score (nSPS) is 53.9. The van der Waals surface area contributed by atoms with E-state index in [1.165, 1.54) is 0 Å². The molecule has 0 radical (unpaired) electrons. The summed E-state index contributed by atoms with van der Waals surface area (Å²) >= 11 is 0. The van der Waals surface area contributed by atoms with Crippen LogP contribution in [-0.4, -0.2) is 39.4 Å². The smallest absolute Gasteiger partial charge is 0.168 e. The lowest BCUT2D eigenvalue weighted by Gasteiger charge is -2.66. The number of Topliss-reactive ketones (excluding diaryl/α,β-unsaturated/α-hetero) is 1. The van der Waals surface area contributed by atoms with Gasteiger partial charge < -0.3 is 14.9 Å². The Bertz CT molecular complexity index is 570. The first-order valence-corrected chi connectivity index (χ1v) is 9.14. The van der Waals surface area contributed by atoms with Crippen LogP contribution in [0.25, 0.3) is 0 Å². The maximum Gasteiger partial charge on any atom is 0.168 e. The Hall–Kier alpha value is -0.710. The third-order valence-electron chi connectivity index (χ3n) is 7.64. The first-order valence-electron chi connectivity index (χ1n) is 9.14. The number of aliphatic hydroxyl groups excluding tert-OH is 2. The number of carbonyl (C=O) groups is 1. The van der Waals surface area contributed by atoms with Crippen molar-refractivity contribution in [1.82, 2.24) is 0 Å². The van der Waals surface area contributed by atoms with Crippen LogP contribution >= 0.6 is 0 Å². The lowest BCUT2D eigenvalue weighted by atomic mass is 9.43. The average Bonchev–Trinajstić information content (AvgIpc) is 2.45. The van der Waals surface area contributed by atoms with Gasteiger partial charge in [-0.1, -0.05) is 33.4 Å². The molecule has 0 aromatic heterocycles. The van der Waals surface area contributed by atoms with Gasteiger partial charge in [-0.15, -0.1) is 0 Å². The summed E-state index contributed by atoms with van der Waals surface area (Å²) < 4.78 is 6.32. The third kappa shape index (κ3) is 2.19. The molecule has 3 aliphatic rings. The molecule has 4 nitrogen and oxygen atoms in total. The van der Waals surface area contributed by atoms with Gasteiger partial charge in [0.15, 0.2) is 5.78 Å². The Balaban J connectivity index is 2.07. The van der Waals surface area contributed by atoms with Gasteiger partial charge in [-0.2, -0.15) is 0 Å². The second kappa shape index (κ2) is 5.15. The van der Waals surface area contributed by atoms with E-state index in [4.69, 9.17) is 4.74 Å². The van der Waals surface area contributed by atoms with Crippen molar-refractivity contribution >= 4 is 5.78 Å². The predicted molar refractivity (Wildman–Crippen MR) is 92.4 cm³/mol. The monoisotopic (exact) mass is 336 g/mol. The summed E-state index contributed by atoms with van der Waals surface area (Å²) in [6.45, 7) is 13.9. The number of hydrogen-bond acceptors (Lipinski definition) is 4. The topological polar surface area (TPSA) is 66.8 Å². The minimum atomic E-state index is -0.974. The molecule has 136 valence electrons. The van der Waals surface area contributed by atoms with E-state index >= 15 is 0 Å². The average molecular weight is 336 g/mol. The lowest BCUT2D eigenvalue weighted by Crippen LogP contribution is -2.69. The molecular weight excluding hydrogens is 304 g/mol. The molecule has 24 heavy (non-hydrogen) atoms. The predicted octanol–water partition coefficient (Wildman–Crippen LogP) is 2.86. The Labute approximate surface area is 145 Å². The van der Waals surface area contributed by atoms with Crippen LogP contribution in [0, 0.1) is 22.7 Å². The van der Waals surface area contributed by atoms with Gasteiger partial charge >= 0.3 is 0 Å². The van der Waals surface area contributed by atoms with Crippen molar-refractivity contribution in [1.29, 1.82) is 0 Å². The van der Waals surface area contributed by atoms with Crippen LogP contribution < -0.4 is 0 Å². The molecule has 0 amide bonds. The molecular formula is C20H32O4. The van der Waals surface area contributed by atoms with Crippen LogP contribution in [-0.2, 0) is 9.53 Å². The van der Waals surface area contributed by atoms with E-state index in [0.29, 0.717) is 19.3 Å². The SMILES string of the molecule is C=C[C@]1(C)O[C@@]2(C)C[C@H](O)C3C(C)(C)[C@H](O)CC[C@@]3(C)C2CC1=O. The standard InChI is InChI=1S/C20H32O4/c1-7-19(5)15(23)10-13-18(4)9-8-14(22)17(2,3)16(18)12(21)11-20(13,6)24-19/h7,12-14,16,21-22H,1,8-11H2,2-6H3/t12-,13?,14+,16?,18-,19-,20-/m0/s1. The Kier molecular flexibility index (Phi) is 3.88. The second-order valence-electron chi connectivity index (χ2n) is 9.54. The van der Waals surface area contributed by atoms with Gasteiger partial charge in [0.25, 0.3) is 0 Å². The lowest BCUT2D eigenvalue weighted by molar-refractivity contribution is -0.276. The number of hydrogen-bond donors (Lipinski definition) is 2. The van der Waals surface area contributed by atoms with Crippen LogP contribution in [0.5, 0.6) is 0 Å². The maximum absolute atomic E-state index is 12.8. The molecule has 2 saturated carbocycles. The molecule has 1 saturated heterocycles. The van der Waals surface area contributed by atoms with Gasteiger partial charge in [0.2, 0.25) is 0 Å². The third-order valence-corrected chi connectivity index (χ3v) is 7.64. The molecule has 2 N–H and O–H groups in total. The van der Waals surface area contributed by atoms with Gasteiger partial charge in [-0.3, -0.25) is 4.79 Å². The minimum absolute atomic E-state index is 0.0451. The van der Waals surface area contributed by atoms with Gasteiger partial charge in [-0.05, 0) is 43.4 Å². The summed E-state index contributed by atoms with van der Waals surface area (Å²) in [6, 6.07) is 0. The van der Waals surface area contributed by atoms with Crippen molar-refractivity contribution in [2.24, 2.45) is 22.7 Å². The van der Waals surface area contributed by atoms with Crippen LogP contribution in [0.15, 0.2) is 12.7 Å². The highest BCUT2D eigenvalue weighted by Crippen LogP contribution is 2.65. The zero-order valence-electron chi connectivity index (χ0n) is 15.6. The van der Waals surface area contributed by atoms with Crippen LogP contribution in [0.1, 0.15) is 60.3 Å². The van der Waals surface area contributed by atoms with Crippen molar-refractivity contribution in [3.05, 3.63) is 12.7 Å². The summed E-state index contributed by atoms with van der Waals surface area (Å²) in [6.07, 6.45) is 3.06. The zero-order valence-corrected chi connectivity index (χ0v) is 15.6. The van der Waals surface area contributed by atoms with Gasteiger partial charge in [-0.25, -0.2) is 0 Å². The molecule has 1 aliphatic heterocycles.